The molecule has 2 N–H and O–H groups in total. The van der Waals surface area contributed by atoms with Crippen molar-refractivity contribution in [1.29, 1.82) is 0 Å². The van der Waals surface area contributed by atoms with E-state index in [1.54, 1.807) is 0 Å². The number of aromatic amines is 1. The van der Waals surface area contributed by atoms with E-state index in [0.29, 0.717) is 5.92 Å². The van der Waals surface area contributed by atoms with Crippen LogP contribution in [-0.4, -0.2) is 42.3 Å². The lowest BCUT2D eigenvalue weighted by atomic mass is 9.79. The highest BCUT2D eigenvalue weighted by atomic mass is 15.1. The maximum atomic E-state index is 4.56. The lowest BCUT2D eigenvalue weighted by Gasteiger charge is -2.27. The first-order valence-electron chi connectivity index (χ1n) is 8.10. The molecule has 0 saturated heterocycles. The zero-order valence-electron chi connectivity index (χ0n) is 13.3. The van der Waals surface area contributed by atoms with Crippen LogP contribution in [0.15, 0.2) is 6.20 Å². The average Bonchev–Trinajstić information content (AvgIpc) is 2.93. The van der Waals surface area contributed by atoms with Crippen molar-refractivity contribution in [2.45, 2.75) is 51.5 Å². The number of H-pyrrole nitrogens is 1. The van der Waals surface area contributed by atoms with Crippen LogP contribution in [0, 0.1) is 5.92 Å². The Morgan fingerprint density at radius 2 is 2.10 bits per heavy atom. The number of rotatable bonds is 7. The van der Waals surface area contributed by atoms with Crippen molar-refractivity contribution in [3.05, 3.63) is 17.5 Å². The lowest BCUT2D eigenvalue weighted by Crippen LogP contribution is -2.27. The van der Waals surface area contributed by atoms with Crippen LogP contribution >= 0.6 is 0 Å². The number of likely N-dealkylation sites (N-methyl/N-ethyl adjacent to an activating group) is 2. The van der Waals surface area contributed by atoms with Crippen LogP contribution in [0.5, 0.6) is 0 Å². The van der Waals surface area contributed by atoms with E-state index >= 15 is 0 Å². The largest absolute Gasteiger partial charge is 0.318 e. The second-order valence-corrected chi connectivity index (χ2v) is 6.26. The van der Waals surface area contributed by atoms with Gasteiger partial charge in [0.05, 0.1) is 5.69 Å². The normalized spacial score (nSPS) is 23.4. The van der Waals surface area contributed by atoms with Gasteiger partial charge in [0, 0.05) is 37.3 Å². The molecule has 0 aromatic carbocycles. The van der Waals surface area contributed by atoms with Crippen LogP contribution in [-0.2, 0) is 6.54 Å². The fraction of sp³-hybridized carbons (Fsp3) is 0.812. The summed E-state index contributed by atoms with van der Waals surface area (Å²) in [5.74, 6) is 1.63. The quantitative estimate of drug-likeness (QED) is 0.806. The van der Waals surface area contributed by atoms with E-state index in [1.807, 2.05) is 7.05 Å². The fourth-order valence-electron chi connectivity index (χ4n) is 3.32. The molecular weight excluding hydrogens is 248 g/mol. The third kappa shape index (κ3) is 4.06. The van der Waals surface area contributed by atoms with Crippen LogP contribution in [0.3, 0.4) is 0 Å². The molecule has 0 aliphatic heterocycles. The van der Waals surface area contributed by atoms with Crippen molar-refractivity contribution in [2.75, 3.05) is 27.2 Å². The van der Waals surface area contributed by atoms with Crippen molar-refractivity contribution >= 4 is 0 Å². The minimum atomic E-state index is 0.678. The molecule has 2 rings (SSSR count). The van der Waals surface area contributed by atoms with Gasteiger partial charge in [-0.25, -0.2) is 0 Å². The topological polar surface area (TPSA) is 44.0 Å². The van der Waals surface area contributed by atoms with E-state index < -0.39 is 0 Å². The SMILES string of the molecule is CC[C@H]1CC[C@H](c2n[nH]cc2CN(C)CCNC)CC1. The lowest BCUT2D eigenvalue weighted by molar-refractivity contribution is 0.306. The van der Waals surface area contributed by atoms with Crippen LogP contribution in [0.4, 0.5) is 0 Å². The van der Waals surface area contributed by atoms with E-state index in [2.05, 4.69) is 40.6 Å². The maximum absolute atomic E-state index is 4.56. The van der Waals surface area contributed by atoms with Crippen molar-refractivity contribution in [3.8, 4) is 0 Å². The smallest absolute Gasteiger partial charge is 0.0697 e. The van der Waals surface area contributed by atoms with E-state index in [9.17, 15) is 0 Å². The summed E-state index contributed by atoms with van der Waals surface area (Å²) in [7, 11) is 4.19. The molecule has 0 bridgehead atoms. The van der Waals surface area contributed by atoms with Gasteiger partial charge in [0.15, 0.2) is 0 Å². The van der Waals surface area contributed by atoms with Gasteiger partial charge in [0.1, 0.15) is 0 Å². The highest BCUT2D eigenvalue weighted by Crippen LogP contribution is 2.37. The molecule has 1 aliphatic carbocycles. The first-order valence-corrected chi connectivity index (χ1v) is 8.10. The first-order chi connectivity index (χ1) is 9.74. The second kappa shape index (κ2) is 7.79. The Hall–Kier alpha value is -0.870. The highest BCUT2D eigenvalue weighted by molar-refractivity contribution is 5.21. The maximum Gasteiger partial charge on any atom is 0.0697 e. The van der Waals surface area contributed by atoms with Crippen molar-refractivity contribution in [2.24, 2.45) is 5.92 Å². The van der Waals surface area contributed by atoms with Crippen molar-refractivity contribution < 1.29 is 0 Å². The highest BCUT2D eigenvalue weighted by Gasteiger charge is 2.25. The molecule has 0 radical (unpaired) electrons. The third-order valence-corrected chi connectivity index (χ3v) is 4.75. The van der Waals surface area contributed by atoms with Gasteiger partial charge in [-0.1, -0.05) is 13.3 Å². The minimum Gasteiger partial charge on any atom is -0.318 e. The molecule has 0 amide bonds. The zero-order chi connectivity index (χ0) is 14.4. The van der Waals surface area contributed by atoms with E-state index in [1.165, 1.54) is 43.4 Å². The molecule has 0 spiro atoms. The summed E-state index contributed by atoms with van der Waals surface area (Å²) < 4.78 is 0. The summed E-state index contributed by atoms with van der Waals surface area (Å²) in [4.78, 5) is 2.36. The molecule has 1 heterocycles. The van der Waals surface area contributed by atoms with Gasteiger partial charge < -0.3 is 10.2 Å². The summed E-state index contributed by atoms with van der Waals surface area (Å²) >= 11 is 0. The monoisotopic (exact) mass is 278 g/mol. The van der Waals surface area contributed by atoms with Crippen LogP contribution in [0.2, 0.25) is 0 Å². The van der Waals surface area contributed by atoms with Crippen molar-refractivity contribution in [1.82, 2.24) is 20.4 Å². The summed E-state index contributed by atoms with van der Waals surface area (Å²) in [5.41, 5.74) is 2.72. The third-order valence-electron chi connectivity index (χ3n) is 4.75. The molecule has 1 aromatic rings. The van der Waals surface area contributed by atoms with Gasteiger partial charge >= 0.3 is 0 Å². The minimum absolute atomic E-state index is 0.678. The summed E-state index contributed by atoms with van der Waals surface area (Å²) in [5, 5.41) is 10.8. The Kier molecular flexibility index (Phi) is 6.05. The van der Waals surface area contributed by atoms with Gasteiger partial charge in [0.25, 0.3) is 0 Å². The average molecular weight is 278 g/mol. The number of nitrogens with zero attached hydrogens (tertiary/aromatic N) is 2. The molecule has 1 fully saturated rings. The van der Waals surface area contributed by atoms with Gasteiger partial charge in [-0.3, -0.25) is 5.10 Å². The molecule has 4 nitrogen and oxygen atoms in total. The Balaban J connectivity index is 1.91. The molecule has 1 aliphatic rings. The number of hydrogen-bond acceptors (Lipinski definition) is 3. The first kappa shape index (κ1) is 15.5. The van der Waals surface area contributed by atoms with Gasteiger partial charge in [-0.2, -0.15) is 5.10 Å². The van der Waals surface area contributed by atoms with Gasteiger partial charge in [-0.05, 0) is 45.7 Å². The molecule has 1 aromatic heterocycles. The van der Waals surface area contributed by atoms with Gasteiger partial charge in [-0.15, -0.1) is 0 Å². The Labute approximate surface area is 123 Å². The Morgan fingerprint density at radius 3 is 2.75 bits per heavy atom. The van der Waals surface area contributed by atoms with E-state index in [0.717, 1.165) is 25.6 Å². The summed E-state index contributed by atoms with van der Waals surface area (Å²) in [6, 6.07) is 0. The van der Waals surface area contributed by atoms with E-state index in [-0.39, 0.29) is 0 Å². The molecule has 0 atom stereocenters. The Morgan fingerprint density at radius 1 is 1.35 bits per heavy atom. The van der Waals surface area contributed by atoms with Gasteiger partial charge in [0.2, 0.25) is 0 Å². The Bertz CT molecular complexity index is 380. The summed E-state index contributed by atoms with van der Waals surface area (Å²) in [6.07, 6.45) is 8.82. The molecule has 4 heteroatoms. The van der Waals surface area contributed by atoms with Crippen molar-refractivity contribution in [3.63, 3.8) is 0 Å². The predicted octanol–water partition coefficient (Wildman–Crippen LogP) is 2.74. The number of nitrogens with one attached hydrogen (secondary N) is 2. The standard InChI is InChI=1S/C16H30N4/c1-4-13-5-7-14(8-6-13)16-15(11-18-19-16)12-20(3)10-9-17-2/h11,13-14,17H,4-10,12H2,1-3H3,(H,18,19)/t13-,14-. The second-order valence-electron chi connectivity index (χ2n) is 6.26. The number of hydrogen-bond donors (Lipinski definition) is 2. The molecule has 0 unspecified atom stereocenters. The van der Waals surface area contributed by atoms with E-state index in [4.69, 9.17) is 0 Å². The van der Waals surface area contributed by atoms with Crippen LogP contribution < -0.4 is 5.32 Å². The van der Waals surface area contributed by atoms with Crippen LogP contribution in [0.1, 0.15) is 56.2 Å². The summed E-state index contributed by atoms with van der Waals surface area (Å²) in [6.45, 7) is 5.43. The molecular formula is C16H30N4. The molecule has 1 saturated carbocycles. The molecule has 114 valence electrons. The number of aromatic nitrogens is 2. The molecule has 20 heavy (non-hydrogen) atoms. The fourth-order valence-corrected chi connectivity index (χ4v) is 3.32. The zero-order valence-corrected chi connectivity index (χ0v) is 13.3. The predicted molar refractivity (Wildman–Crippen MR) is 83.8 cm³/mol. The van der Waals surface area contributed by atoms with Crippen LogP contribution in [0.25, 0.3) is 0 Å².